The summed E-state index contributed by atoms with van der Waals surface area (Å²) in [7, 11) is 1.48. The van der Waals surface area contributed by atoms with Gasteiger partial charge in [0.2, 0.25) is 11.2 Å². The number of carbonyl (C=O) groups is 1. The average Bonchev–Trinajstić information content (AvgIpc) is 2.73. The van der Waals surface area contributed by atoms with Gasteiger partial charge in [-0.15, -0.1) is 0 Å². The van der Waals surface area contributed by atoms with Crippen molar-refractivity contribution in [3.05, 3.63) is 23.2 Å². The molecule has 6 nitrogen and oxygen atoms in total. The molecule has 17 heavy (non-hydrogen) atoms. The number of imidazole rings is 1. The Morgan fingerprint density at radius 1 is 1.53 bits per heavy atom. The maximum absolute atomic E-state index is 11.5. The molecule has 0 saturated heterocycles. The molecule has 0 atom stereocenters. The minimum atomic E-state index is -0.494. The lowest BCUT2D eigenvalue weighted by atomic mass is 10.5. The van der Waals surface area contributed by atoms with Crippen LogP contribution in [-0.2, 0) is 4.74 Å². The number of fused-ring (bicyclic) bond motifs is 1. The molecule has 2 aromatic heterocycles. The molecule has 0 aliphatic carbocycles. The number of nitrogens with zero attached hydrogens (tertiary/aromatic N) is 3. The second-order valence-electron chi connectivity index (χ2n) is 3.14. The zero-order valence-corrected chi connectivity index (χ0v) is 10.1. The van der Waals surface area contributed by atoms with E-state index in [-0.39, 0.29) is 11.0 Å². The first-order valence-corrected chi connectivity index (χ1v) is 5.30. The minimum Gasteiger partial charge on any atom is -0.481 e. The van der Waals surface area contributed by atoms with Crippen molar-refractivity contribution in [3.8, 4) is 5.88 Å². The van der Waals surface area contributed by atoms with Crippen LogP contribution >= 0.6 is 11.6 Å². The third-order valence-electron chi connectivity index (χ3n) is 2.08. The van der Waals surface area contributed by atoms with Crippen LogP contribution in [-0.4, -0.2) is 34.1 Å². The third kappa shape index (κ3) is 2.16. The smallest absolute Gasteiger partial charge is 0.358 e. The molecule has 90 valence electrons. The lowest BCUT2D eigenvalue weighted by Gasteiger charge is -2.00. The lowest BCUT2D eigenvalue weighted by molar-refractivity contribution is 0.0520. The van der Waals surface area contributed by atoms with Gasteiger partial charge in [-0.2, -0.15) is 4.98 Å². The van der Waals surface area contributed by atoms with E-state index in [0.29, 0.717) is 18.1 Å². The van der Waals surface area contributed by atoms with E-state index in [1.165, 1.54) is 17.7 Å². The summed E-state index contributed by atoms with van der Waals surface area (Å²) >= 11 is 5.92. The second-order valence-corrected chi connectivity index (χ2v) is 3.48. The van der Waals surface area contributed by atoms with Gasteiger partial charge in [0.15, 0.2) is 5.69 Å². The van der Waals surface area contributed by atoms with Gasteiger partial charge in [-0.05, 0) is 18.5 Å². The van der Waals surface area contributed by atoms with Crippen LogP contribution in [0, 0.1) is 0 Å². The largest absolute Gasteiger partial charge is 0.481 e. The Kier molecular flexibility index (Phi) is 3.14. The molecule has 7 heteroatoms. The number of aromatic nitrogens is 3. The van der Waals surface area contributed by atoms with E-state index in [1.807, 2.05) is 0 Å². The van der Waals surface area contributed by atoms with Crippen molar-refractivity contribution < 1.29 is 14.3 Å². The number of methoxy groups -OCH3 is 1. The zero-order chi connectivity index (χ0) is 12.4. The minimum absolute atomic E-state index is 0.169. The summed E-state index contributed by atoms with van der Waals surface area (Å²) in [6, 6.07) is 1.58. The second kappa shape index (κ2) is 4.58. The Morgan fingerprint density at radius 2 is 2.29 bits per heavy atom. The molecule has 0 amide bonds. The molecule has 0 unspecified atom stereocenters. The summed E-state index contributed by atoms with van der Waals surface area (Å²) in [5, 5.41) is 0.169. The van der Waals surface area contributed by atoms with E-state index in [9.17, 15) is 4.79 Å². The highest BCUT2D eigenvalue weighted by atomic mass is 35.5. The summed E-state index contributed by atoms with van der Waals surface area (Å²) in [6.07, 6.45) is 1.47. The molecule has 0 fully saturated rings. The van der Waals surface area contributed by atoms with Gasteiger partial charge in [-0.3, -0.25) is 4.40 Å². The Labute approximate surface area is 102 Å². The van der Waals surface area contributed by atoms with Crippen molar-refractivity contribution in [2.45, 2.75) is 6.92 Å². The summed E-state index contributed by atoms with van der Waals surface area (Å²) < 4.78 is 11.3. The monoisotopic (exact) mass is 255 g/mol. The fraction of sp³-hybridized carbons (Fsp3) is 0.300. The summed E-state index contributed by atoms with van der Waals surface area (Å²) in [6.45, 7) is 2.02. The predicted octanol–water partition coefficient (Wildman–Crippen LogP) is 1.57. The van der Waals surface area contributed by atoms with Gasteiger partial charge in [0.05, 0.1) is 13.7 Å². The first kappa shape index (κ1) is 11.7. The van der Waals surface area contributed by atoms with E-state index in [1.54, 1.807) is 13.0 Å². The first-order chi connectivity index (χ1) is 8.15. The maximum Gasteiger partial charge on any atom is 0.358 e. The predicted molar refractivity (Wildman–Crippen MR) is 60.5 cm³/mol. The van der Waals surface area contributed by atoms with Crippen LogP contribution < -0.4 is 4.74 Å². The highest BCUT2D eigenvalue weighted by Gasteiger charge is 2.14. The van der Waals surface area contributed by atoms with Crippen molar-refractivity contribution in [2.75, 3.05) is 13.7 Å². The summed E-state index contributed by atoms with van der Waals surface area (Å²) in [5.41, 5.74) is 0.661. The number of rotatable bonds is 3. The molecule has 0 aliphatic heterocycles. The Morgan fingerprint density at radius 3 is 2.94 bits per heavy atom. The number of esters is 1. The molecule has 0 aliphatic rings. The van der Waals surface area contributed by atoms with Crippen molar-refractivity contribution in [3.63, 3.8) is 0 Å². The standard InChI is InChI=1S/C10H10ClN3O3/c1-3-17-9(15)6-5-14-7(12-6)4-8(16-2)13-10(14)11/h4-5H,3H2,1-2H3. The van der Waals surface area contributed by atoms with Crippen LogP contribution in [0.2, 0.25) is 5.28 Å². The SMILES string of the molecule is CCOC(=O)c1cn2c(Cl)nc(OC)cc2n1. The van der Waals surface area contributed by atoms with E-state index < -0.39 is 5.97 Å². The molecule has 0 spiro atoms. The van der Waals surface area contributed by atoms with Crippen LogP contribution in [0.1, 0.15) is 17.4 Å². The Balaban J connectivity index is 2.49. The van der Waals surface area contributed by atoms with Crippen molar-refractivity contribution >= 4 is 23.2 Å². The van der Waals surface area contributed by atoms with E-state index in [0.717, 1.165) is 0 Å². The highest BCUT2D eigenvalue weighted by molar-refractivity contribution is 6.28. The molecule has 2 heterocycles. The maximum atomic E-state index is 11.5. The number of ether oxygens (including phenoxy) is 2. The topological polar surface area (TPSA) is 65.7 Å². The molecule has 0 radical (unpaired) electrons. The fourth-order valence-electron chi connectivity index (χ4n) is 1.34. The number of hydrogen-bond donors (Lipinski definition) is 0. The fourth-order valence-corrected chi connectivity index (χ4v) is 1.56. The molecule has 2 rings (SSSR count). The van der Waals surface area contributed by atoms with Crippen LogP contribution in [0.3, 0.4) is 0 Å². The molecular formula is C10H10ClN3O3. The van der Waals surface area contributed by atoms with E-state index >= 15 is 0 Å². The number of carbonyl (C=O) groups excluding carboxylic acids is 1. The van der Waals surface area contributed by atoms with Gasteiger partial charge in [-0.25, -0.2) is 9.78 Å². The summed E-state index contributed by atoms with van der Waals surface area (Å²) in [4.78, 5) is 19.5. The van der Waals surface area contributed by atoms with Crippen molar-refractivity contribution in [2.24, 2.45) is 0 Å². The zero-order valence-electron chi connectivity index (χ0n) is 9.31. The average molecular weight is 256 g/mol. The molecule has 2 aromatic rings. The van der Waals surface area contributed by atoms with E-state index in [2.05, 4.69) is 9.97 Å². The Bertz CT molecular complexity index is 567. The molecule has 0 bridgehead atoms. The van der Waals surface area contributed by atoms with Gasteiger partial charge >= 0.3 is 5.97 Å². The van der Waals surface area contributed by atoms with Crippen LogP contribution in [0.5, 0.6) is 5.88 Å². The number of halogens is 1. The van der Waals surface area contributed by atoms with Gasteiger partial charge in [0, 0.05) is 12.3 Å². The first-order valence-electron chi connectivity index (χ1n) is 4.92. The third-order valence-corrected chi connectivity index (χ3v) is 2.35. The van der Waals surface area contributed by atoms with Gasteiger partial charge in [0.25, 0.3) is 0 Å². The molecule has 0 saturated carbocycles. The highest BCUT2D eigenvalue weighted by Crippen LogP contribution is 2.17. The van der Waals surface area contributed by atoms with Crippen molar-refractivity contribution in [1.29, 1.82) is 0 Å². The van der Waals surface area contributed by atoms with Crippen LogP contribution in [0.4, 0.5) is 0 Å². The van der Waals surface area contributed by atoms with E-state index in [4.69, 9.17) is 21.1 Å². The quantitative estimate of drug-likeness (QED) is 0.615. The molecule has 0 aromatic carbocycles. The van der Waals surface area contributed by atoms with Crippen LogP contribution in [0.25, 0.3) is 5.65 Å². The van der Waals surface area contributed by atoms with Gasteiger partial charge in [-0.1, -0.05) is 0 Å². The summed E-state index contributed by atoms with van der Waals surface area (Å²) in [5.74, 6) is -0.158. The normalized spacial score (nSPS) is 10.5. The van der Waals surface area contributed by atoms with Crippen molar-refractivity contribution in [1.82, 2.24) is 14.4 Å². The van der Waals surface area contributed by atoms with Gasteiger partial charge in [0.1, 0.15) is 5.65 Å². The lowest BCUT2D eigenvalue weighted by Crippen LogP contribution is -2.04. The van der Waals surface area contributed by atoms with Gasteiger partial charge < -0.3 is 9.47 Å². The molecule has 0 N–H and O–H groups in total. The Hall–Kier alpha value is -1.82. The number of hydrogen-bond acceptors (Lipinski definition) is 5. The molecular weight excluding hydrogens is 246 g/mol. The van der Waals surface area contributed by atoms with Crippen LogP contribution in [0.15, 0.2) is 12.3 Å².